The summed E-state index contributed by atoms with van der Waals surface area (Å²) in [5.41, 5.74) is 7.56. The Morgan fingerprint density at radius 1 is 1.43 bits per heavy atom. The number of benzene rings is 1. The SMILES string of the molecule is NCC1CCCN(c2ccc([N+](=O)[O-])c3cccnc23)C1. The second kappa shape index (κ2) is 5.65. The predicted molar refractivity (Wildman–Crippen MR) is 82.4 cm³/mol. The fraction of sp³-hybridized carbons (Fsp3) is 0.400. The largest absolute Gasteiger partial charge is 0.369 e. The molecule has 2 N–H and O–H groups in total. The highest BCUT2D eigenvalue weighted by molar-refractivity contribution is 5.97. The summed E-state index contributed by atoms with van der Waals surface area (Å²) in [6.45, 7) is 2.51. The van der Waals surface area contributed by atoms with Crippen LogP contribution in [0.2, 0.25) is 0 Å². The van der Waals surface area contributed by atoms with Crippen molar-refractivity contribution >= 4 is 22.3 Å². The monoisotopic (exact) mass is 286 g/mol. The Bertz CT molecular complexity index is 674. The van der Waals surface area contributed by atoms with Crippen molar-refractivity contribution in [1.29, 1.82) is 0 Å². The lowest BCUT2D eigenvalue weighted by atomic mass is 9.97. The number of nitro benzene ring substituents is 1. The minimum atomic E-state index is -0.354. The molecule has 1 saturated heterocycles. The molecule has 1 fully saturated rings. The van der Waals surface area contributed by atoms with Crippen LogP contribution in [0, 0.1) is 16.0 Å². The van der Waals surface area contributed by atoms with Gasteiger partial charge < -0.3 is 10.6 Å². The number of nitro groups is 1. The number of piperidine rings is 1. The van der Waals surface area contributed by atoms with Gasteiger partial charge in [-0.05, 0) is 43.5 Å². The van der Waals surface area contributed by atoms with E-state index in [9.17, 15) is 10.1 Å². The van der Waals surface area contributed by atoms with Crippen molar-refractivity contribution in [1.82, 2.24) is 4.98 Å². The highest BCUT2D eigenvalue weighted by Crippen LogP contribution is 2.33. The van der Waals surface area contributed by atoms with Crippen LogP contribution in [0.4, 0.5) is 11.4 Å². The van der Waals surface area contributed by atoms with Gasteiger partial charge in [-0.25, -0.2) is 0 Å². The molecule has 6 heteroatoms. The highest BCUT2D eigenvalue weighted by atomic mass is 16.6. The first-order chi connectivity index (χ1) is 10.2. The minimum absolute atomic E-state index is 0.106. The zero-order chi connectivity index (χ0) is 14.8. The maximum Gasteiger partial charge on any atom is 0.278 e. The summed E-state index contributed by atoms with van der Waals surface area (Å²) in [5, 5.41) is 11.7. The first-order valence-corrected chi connectivity index (χ1v) is 7.18. The molecule has 0 bridgehead atoms. The maximum atomic E-state index is 11.1. The smallest absolute Gasteiger partial charge is 0.278 e. The van der Waals surface area contributed by atoms with E-state index in [1.165, 1.54) is 0 Å². The number of hydrogen-bond acceptors (Lipinski definition) is 5. The molecular weight excluding hydrogens is 268 g/mol. The molecule has 1 aromatic heterocycles. The van der Waals surface area contributed by atoms with E-state index in [-0.39, 0.29) is 10.6 Å². The second-order valence-electron chi connectivity index (χ2n) is 5.45. The van der Waals surface area contributed by atoms with Gasteiger partial charge in [0.2, 0.25) is 0 Å². The van der Waals surface area contributed by atoms with Gasteiger partial charge in [-0.2, -0.15) is 0 Å². The summed E-state index contributed by atoms with van der Waals surface area (Å²) in [6.07, 6.45) is 3.92. The lowest BCUT2D eigenvalue weighted by Crippen LogP contribution is -2.38. The zero-order valence-electron chi connectivity index (χ0n) is 11.7. The molecule has 2 aromatic rings. The molecule has 6 nitrogen and oxygen atoms in total. The summed E-state index contributed by atoms with van der Waals surface area (Å²) in [5.74, 6) is 0.479. The number of anilines is 1. The highest BCUT2D eigenvalue weighted by Gasteiger charge is 2.23. The summed E-state index contributed by atoms with van der Waals surface area (Å²) >= 11 is 0. The van der Waals surface area contributed by atoms with Gasteiger partial charge in [-0.15, -0.1) is 0 Å². The molecule has 0 amide bonds. The fourth-order valence-electron chi connectivity index (χ4n) is 3.03. The number of aromatic nitrogens is 1. The number of nitrogens with zero attached hydrogens (tertiary/aromatic N) is 3. The summed E-state index contributed by atoms with van der Waals surface area (Å²) in [6, 6.07) is 6.88. The molecule has 1 aromatic carbocycles. The molecule has 2 heterocycles. The van der Waals surface area contributed by atoms with Crippen LogP contribution in [0.1, 0.15) is 12.8 Å². The van der Waals surface area contributed by atoms with Crippen molar-refractivity contribution in [2.75, 3.05) is 24.5 Å². The number of rotatable bonds is 3. The molecular formula is C15H18N4O2. The third kappa shape index (κ3) is 2.54. The number of fused-ring (bicyclic) bond motifs is 1. The van der Waals surface area contributed by atoms with Gasteiger partial charge >= 0.3 is 0 Å². The van der Waals surface area contributed by atoms with Crippen LogP contribution in [-0.2, 0) is 0 Å². The van der Waals surface area contributed by atoms with Gasteiger partial charge in [0.1, 0.15) is 5.52 Å². The fourth-order valence-corrected chi connectivity index (χ4v) is 3.03. The molecule has 1 atom stereocenters. The van der Waals surface area contributed by atoms with Crippen molar-refractivity contribution < 1.29 is 4.92 Å². The Kier molecular flexibility index (Phi) is 3.70. The van der Waals surface area contributed by atoms with Crippen LogP contribution >= 0.6 is 0 Å². The van der Waals surface area contributed by atoms with E-state index >= 15 is 0 Å². The van der Waals surface area contributed by atoms with Crippen LogP contribution in [0.5, 0.6) is 0 Å². The third-order valence-electron chi connectivity index (χ3n) is 4.12. The van der Waals surface area contributed by atoms with Crippen LogP contribution in [0.25, 0.3) is 10.9 Å². The first-order valence-electron chi connectivity index (χ1n) is 7.18. The maximum absolute atomic E-state index is 11.1. The van der Waals surface area contributed by atoms with Crippen LogP contribution in [-0.4, -0.2) is 29.5 Å². The second-order valence-corrected chi connectivity index (χ2v) is 5.45. The molecule has 1 unspecified atom stereocenters. The van der Waals surface area contributed by atoms with E-state index in [2.05, 4.69) is 9.88 Å². The normalized spacial score (nSPS) is 18.9. The Morgan fingerprint density at radius 2 is 2.29 bits per heavy atom. The van der Waals surface area contributed by atoms with E-state index in [1.54, 1.807) is 24.4 Å². The summed E-state index contributed by atoms with van der Waals surface area (Å²) < 4.78 is 0. The molecule has 1 aliphatic rings. The molecule has 0 radical (unpaired) electrons. The van der Waals surface area contributed by atoms with E-state index in [0.717, 1.165) is 31.6 Å². The van der Waals surface area contributed by atoms with Crippen molar-refractivity contribution in [2.24, 2.45) is 11.7 Å². The van der Waals surface area contributed by atoms with Crippen LogP contribution < -0.4 is 10.6 Å². The average Bonchev–Trinajstić information content (AvgIpc) is 2.53. The molecule has 1 aliphatic heterocycles. The van der Waals surface area contributed by atoms with Crippen molar-refractivity contribution in [2.45, 2.75) is 12.8 Å². The lowest BCUT2D eigenvalue weighted by molar-refractivity contribution is -0.383. The van der Waals surface area contributed by atoms with Gasteiger partial charge in [0.15, 0.2) is 0 Å². The van der Waals surface area contributed by atoms with Gasteiger partial charge in [0.05, 0.1) is 16.0 Å². The predicted octanol–water partition coefficient (Wildman–Crippen LogP) is 2.32. The molecule has 0 saturated carbocycles. The van der Waals surface area contributed by atoms with Gasteiger partial charge in [-0.3, -0.25) is 15.1 Å². The van der Waals surface area contributed by atoms with Crippen molar-refractivity contribution in [3.63, 3.8) is 0 Å². The van der Waals surface area contributed by atoms with Gasteiger partial charge in [0.25, 0.3) is 5.69 Å². The van der Waals surface area contributed by atoms with Gasteiger partial charge in [-0.1, -0.05) is 0 Å². The molecule has 3 rings (SSSR count). The number of pyridine rings is 1. The van der Waals surface area contributed by atoms with Crippen LogP contribution in [0.15, 0.2) is 30.5 Å². The van der Waals surface area contributed by atoms with Crippen molar-refractivity contribution in [3.05, 3.63) is 40.6 Å². The van der Waals surface area contributed by atoms with E-state index in [4.69, 9.17) is 5.73 Å². The lowest BCUT2D eigenvalue weighted by Gasteiger charge is -2.34. The third-order valence-corrected chi connectivity index (χ3v) is 4.12. The summed E-state index contributed by atoms with van der Waals surface area (Å²) in [4.78, 5) is 17.4. The van der Waals surface area contributed by atoms with E-state index < -0.39 is 0 Å². The first kappa shape index (κ1) is 13.8. The molecule has 0 aliphatic carbocycles. The summed E-state index contributed by atoms with van der Waals surface area (Å²) in [7, 11) is 0. The Morgan fingerprint density at radius 3 is 3.05 bits per heavy atom. The zero-order valence-corrected chi connectivity index (χ0v) is 11.7. The Hall–Kier alpha value is -2.21. The number of nitrogens with two attached hydrogens (primary N) is 1. The Balaban J connectivity index is 2.07. The van der Waals surface area contributed by atoms with Crippen LogP contribution in [0.3, 0.4) is 0 Å². The average molecular weight is 286 g/mol. The molecule has 21 heavy (non-hydrogen) atoms. The van der Waals surface area contributed by atoms with E-state index in [0.29, 0.717) is 23.4 Å². The number of hydrogen-bond donors (Lipinski definition) is 1. The van der Waals surface area contributed by atoms with E-state index in [1.807, 2.05) is 6.07 Å². The Labute approximate surface area is 122 Å². The minimum Gasteiger partial charge on any atom is -0.369 e. The standard InChI is InChI=1S/C15H18N4O2/c16-9-11-3-2-8-18(10-11)14-6-5-13(19(20)21)12-4-1-7-17-15(12)14/h1,4-7,11H,2-3,8-10,16H2. The molecule has 0 spiro atoms. The molecule has 110 valence electrons. The number of non-ortho nitro benzene ring substituents is 1. The van der Waals surface area contributed by atoms with Crippen molar-refractivity contribution in [3.8, 4) is 0 Å². The van der Waals surface area contributed by atoms with Gasteiger partial charge in [0, 0.05) is 25.4 Å². The quantitative estimate of drug-likeness (QED) is 0.691. The topological polar surface area (TPSA) is 85.3 Å².